The SMILES string of the molecule is CC(C)(N)CCC(=O)N1CCC(OCC(=O)O)CC1. The zero-order valence-electron chi connectivity index (χ0n) is 11.7. The molecule has 1 rings (SSSR count). The minimum atomic E-state index is -0.955. The Morgan fingerprint density at radius 3 is 2.42 bits per heavy atom. The van der Waals surface area contributed by atoms with Crippen LogP contribution >= 0.6 is 0 Å². The fraction of sp³-hybridized carbons (Fsp3) is 0.846. The number of hydrogen-bond donors (Lipinski definition) is 2. The number of rotatable bonds is 6. The van der Waals surface area contributed by atoms with Gasteiger partial charge in [-0.05, 0) is 33.1 Å². The lowest BCUT2D eigenvalue weighted by molar-refractivity contribution is -0.146. The number of nitrogens with two attached hydrogens (primary N) is 1. The summed E-state index contributed by atoms with van der Waals surface area (Å²) in [7, 11) is 0. The second-order valence-electron chi connectivity index (χ2n) is 5.77. The number of ether oxygens (including phenoxy) is 1. The second-order valence-corrected chi connectivity index (χ2v) is 5.77. The normalized spacial score (nSPS) is 17.5. The molecule has 0 saturated carbocycles. The average molecular weight is 272 g/mol. The van der Waals surface area contributed by atoms with Gasteiger partial charge in [0.15, 0.2) is 0 Å². The number of carboxylic acids is 1. The topological polar surface area (TPSA) is 92.9 Å². The summed E-state index contributed by atoms with van der Waals surface area (Å²) in [6.07, 6.45) is 2.48. The van der Waals surface area contributed by atoms with E-state index in [9.17, 15) is 9.59 Å². The molecule has 0 bridgehead atoms. The maximum Gasteiger partial charge on any atom is 0.329 e. The number of aliphatic carboxylic acids is 1. The highest BCUT2D eigenvalue weighted by Crippen LogP contribution is 2.16. The number of carbonyl (C=O) groups is 2. The Balaban J connectivity index is 2.25. The van der Waals surface area contributed by atoms with Crippen LogP contribution in [-0.2, 0) is 14.3 Å². The van der Waals surface area contributed by atoms with Gasteiger partial charge in [0.25, 0.3) is 0 Å². The summed E-state index contributed by atoms with van der Waals surface area (Å²) in [6, 6.07) is 0. The Labute approximate surface area is 113 Å². The first-order chi connectivity index (χ1) is 8.78. The van der Waals surface area contributed by atoms with Crippen LogP contribution in [0.4, 0.5) is 0 Å². The Morgan fingerprint density at radius 2 is 1.95 bits per heavy atom. The molecule has 0 unspecified atom stereocenters. The summed E-state index contributed by atoms with van der Waals surface area (Å²) in [6.45, 7) is 4.82. The Morgan fingerprint density at radius 1 is 1.37 bits per heavy atom. The highest BCUT2D eigenvalue weighted by molar-refractivity contribution is 5.76. The van der Waals surface area contributed by atoms with E-state index < -0.39 is 5.97 Å². The van der Waals surface area contributed by atoms with Crippen molar-refractivity contribution in [2.24, 2.45) is 5.73 Å². The van der Waals surface area contributed by atoms with E-state index in [1.807, 2.05) is 18.7 Å². The van der Waals surface area contributed by atoms with Crippen molar-refractivity contribution in [3.05, 3.63) is 0 Å². The minimum Gasteiger partial charge on any atom is -0.480 e. The van der Waals surface area contributed by atoms with Gasteiger partial charge < -0.3 is 20.5 Å². The van der Waals surface area contributed by atoms with Gasteiger partial charge in [0, 0.05) is 25.0 Å². The van der Waals surface area contributed by atoms with Crippen molar-refractivity contribution in [1.82, 2.24) is 4.90 Å². The van der Waals surface area contributed by atoms with E-state index in [4.69, 9.17) is 15.6 Å². The molecule has 1 saturated heterocycles. The van der Waals surface area contributed by atoms with Gasteiger partial charge in [-0.15, -0.1) is 0 Å². The first kappa shape index (κ1) is 15.9. The number of carbonyl (C=O) groups excluding carboxylic acids is 1. The van der Waals surface area contributed by atoms with E-state index in [1.165, 1.54) is 0 Å². The number of piperidine rings is 1. The molecule has 0 aromatic heterocycles. The van der Waals surface area contributed by atoms with Crippen molar-refractivity contribution in [2.45, 2.75) is 51.2 Å². The predicted molar refractivity (Wildman–Crippen MR) is 70.7 cm³/mol. The molecule has 3 N–H and O–H groups in total. The van der Waals surface area contributed by atoms with Crippen molar-refractivity contribution in [3.8, 4) is 0 Å². The van der Waals surface area contributed by atoms with E-state index in [-0.39, 0.29) is 24.2 Å². The average Bonchev–Trinajstić information content (AvgIpc) is 2.33. The highest BCUT2D eigenvalue weighted by Gasteiger charge is 2.24. The lowest BCUT2D eigenvalue weighted by Gasteiger charge is -2.32. The van der Waals surface area contributed by atoms with E-state index in [0.29, 0.717) is 38.8 Å². The number of likely N-dealkylation sites (tertiary alicyclic amines) is 1. The molecule has 0 aromatic rings. The van der Waals surface area contributed by atoms with Crippen LogP contribution in [0.1, 0.15) is 39.5 Å². The summed E-state index contributed by atoms with van der Waals surface area (Å²) in [5.41, 5.74) is 5.54. The van der Waals surface area contributed by atoms with Crippen molar-refractivity contribution in [1.29, 1.82) is 0 Å². The van der Waals surface area contributed by atoms with Crippen molar-refractivity contribution < 1.29 is 19.4 Å². The predicted octanol–water partition coefficient (Wildman–Crippen LogP) is 0.596. The molecule has 0 radical (unpaired) electrons. The molecular weight excluding hydrogens is 248 g/mol. The van der Waals surface area contributed by atoms with E-state index in [0.717, 1.165) is 0 Å². The van der Waals surface area contributed by atoms with Crippen molar-refractivity contribution in [3.63, 3.8) is 0 Å². The first-order valence-corrected chi connectivity index (χ1v) is 6.68. The van der Waals surface area contributed by atoms with Gasteiger partial charge >= 0.3 is 5.97 Å². The Hall–Kier alpha value is -1.14. The lowest BCUT2D eigenvalue weighted by Crippen LogP contribution is -2.42. The van der Waals surface area contributed by atoms with Gasteiger partial charge in [0.05, 0.1) is 6.10 Å². The zero-order chi connectivity index (χ0) is 14.5. The third kappa shape index (κ3) is 6.54. The van der Waals surface area contributed by atoms with Crippen LogP contribution in [0.25, 0.3) is 0 Å². The number of amides is 1. The van der Waals surface area contributed by atoms with Gasteiger partial charge in [-0.25, -0.2) is 4.79 Å². The molecule has 0 aromatic carbocycles. The summed E-state index contributed by atoms with van der Waals surface area (Å²) in [5, 5.41) is 8.53. The molecule has 19 heavy (non-hydrogen) atoms. The molecule has 1 amide bonds. The van der Waals surface area contributed by atoms with Crippen LogP contribution < -0.4 is 5.73 Å². The third-order valence-electron chi connectivity index (χ3n) is 3.22. The van der Waals surface area contributed by atoms with Crippen LogP contribution in [0.5, 0.6) is 0 Å². The van der Waals surface area contributed by atoms with Gasteiger partial charge in [-0.1, -0.05) is 0 Å². The molecule has 0 atom stereocenters. The maximum atomic E-state index is 12.0. The molecule has 0 aliphatic carbocycles. The van der Waals surface area contributed by atoms with E-state index >= 15 is 0 Å². The molecule has 110 valence electrons. The standard InChI is InChI=1S/C13H24N2O4/c1-13(2,14)6-3-11(16)15-7-4-10(5-8-15)19-9-12(17)18/h10H,3-9,14H2,1-2H3,(H,17,18). The third-order valence-corrected chi connectivity index (χ3v) is 3.22. The first-order valence-electron chi connectivity index (χ1n) is 6.68. The molecule has 1 heterocycles. The number of hydrogen-bond acceptors (Lipinski definition) is 4. The monoisotopic (exact) mass is 272 g/mol. The van der Waals surface area contributed by atoms with Crippen molar-refractivity contribution in [2.75, 3.05) is 19.7 Å². The molecular formula is C13H24N2O4. The van der Waals surface area contributed by atoms with Crippen LogP contribution in [0, 0.1) is 0 Å². The van der Waals surface area contributed by atoms with Crippen LogP contribution in [0.15, 0.2) is 0 Å². The van der Waals surface area contributed by atoms with Crippen molar-refractivity contribution >= 4 is 11.9 Å². The fourth-order valence-electron chi connectivity index (χ4n) is 2.05. The van der Waals surface area contributed by atoms with Gasteiger partial charge in [0.2, 0.25) is 5.91 Å². The van der Waals surface area contributed by atoms with Crippen LogP contribution in [-0.4, -0.2) is 53.2 Å². The van der Waals surface area contributed by atoms with Gasteiger partial charge in [0.1, 0.15) is 6.61 Å². The quantitative estimate of drug-likeness (QED) is 0.738. The molecule has 6 nitrogen and oxygen atoms in total. The zero-order valence-corrected chi connectivity index (χ0v) is 11.7. The smallest absolute Gasteiger partial charge is 0.329 e. The van der Waals surface area contributed by atoms with E-state index in [1.54, 1.807) is 0 Å². The maximum absolute atomic E-state index is 12.0. The molecule has 0 spiro atoms. The Kier molecular flexibility index (Phi) is 5.75. The second kappa shape index (κ2) is 6.86. The summed E-state index contributed by atoms with van der Waals surface area (Å²) >= 11 is 0. The minimum absolute atomic E-state index is 0.0499. The highest BCUT2D eigenvalue weighted by atomic mass is 16.5. The molecule has 1 aliphatic heterocycles. The number of nitrogens with zero attached hydrogens (tertiary/aromatic N) is 1. The summed E-state index contributed by atoms with van der Waals surface area (Å²) in [4.78, 5) is 24.2. The molecule has 1 aliphatic rings. The summed E-state index contributed by atoms with van der Waals surface area (Å²) < 4.78 is 5.23. The lowest BCUT2D eigenvalue weighted by atomic mass is 9.99. The molecule has 6 heteroatoms. The van der Waals surface area contributed by atoms with Crippen LogP contribution in [0.2, 0.25) is 0 Å². The van der Waals surface area contributed by atoms with Gasteiger partial charge in [-0.2, -0.15) is 0 Å². The number of carboxylic acid groups (broad SMARTS) is 1. The fourth-order valence-corrected chi connectivity index (χ4v) is 2.05. The van der Waals surface area contributed by atoms with Gasteiger partial charge in [-0.3, -0.25) is 4.79 Å². The van der Waals surface area contributed by atoms with Crippen LogP contribution in [0.3, 0.4) is 0 Å². The van der Waals surface area contributed by atoms with E-state index in [2.05, 4.69) is 0 Å². The Bertz CT molecular complexity index is 317. The molecule has 1 fully saturated rings. The summed E-state index contributed by atoms with van der Waals surface area (Å²) in [5.74, 6) is -0.834. The largest absolute Gasteiger partial charge is 0.480 e.